The van der Waals surface area contributed by atoms with Gasteiger partial charge in [0, 0.05) is 30.0 Å². The Morgan fingerprint density at radius 2 is 2.12 bits per heavy atom. The number of pyridine rings is 1. The molecule has 1 aromatic heterocycles. The van der Waals surface area contributed by atoms with Gasteiger partial charge in [-0.05, 0) is 18.2 Å². The highest BCUT2D eigenvalue weighted by Crippen LogP contribution is 2.32. The Hall–Kier alpha value is -1.45. The molecular formula is C14H16N2O. The standard InChI is InChI=1S/C14H16N2O/c15-14(6-3-7-17-10-14)13-9-16-8-11-4-1-2-5-12(11)13/h1-2,4-5,8-9H,3,6-7,10,15H2. The zero-order chi connectivity index (χ0) is 11.7. The summed E-state index contributed by atoms with van der Waals surface area (Å²) >= 11 is 0. The van der Waals surface area contributed by atoms with Crippen molar-refractivity contribution in [2.45, 2.75) is 18.4 Å². The van der Waals surface area contributed by atoms with Crippen LogP contribution in [0, 0.1) is 0 Å². The third-order valence-corrected chi connectivity index (χ3v) is 3.48. The van der Waals surface area contributed by atoms with Crippen LogP contribution in [0.3, 0.4) is 0 Å². The van der Waals surface area contributed by atoms with Gasteiger partial charge in [0.1, 0.15) is 0 Å². The van der Waals surface area contributed by atoms with Crippen molar-refractivity contribution in [2.75, 3.05) is 13.2 Å². The third-order valence-electron chi connectivity index (χ3n) is 3.48. The predicted molar refractivity (Wildman–Crippen MR) is 67.7 cm³/mol. The summed E-state index contributed by atoms with van der Waals surface area (Å²) in [5.41, 5.74) is 7.21. The number of hydrogen-bond donors (Lipinski definition) is 1. The van der Waals surface area contributed by atoms with Crippen LogP contribution >= 0.6 is 0 Å². The minimum Gasteiger partial charge on any atom is -0.379 e. The van der Waals surface area contributed by atoms with Crippen molar-refractivity contribution in [2.24, 2.45) is 5.73 Å². The topological polar surface area (TPSA) is 48.1 Å². The van der Waals surface area contributed by atoms with Crippen LogP contribution in [0.25, 0.3) is 10.8 Å². The van der Waals surface area contributed by atoms with Crippen molar-refractivity contribution >= 4 is 10.8 Å². The van der Waals surface area contributed by atoms with Crippen molar-refractivity contribution in [3.05, 3.63) is 42.2 Å². The summed E-state index contributed by atoms with van der Waals surface area (Å²) in [6.07, 6.45) is 5.74. The summed E-state index contributed by atoms with van der Waals surface area (Å²) in [6.45, 7) is 1.40. The Bertz CT molecular complexity index is 527. The van der Waals surface area contributed by atoms with Crippen LogP contribution in [-0.4, -0.2) is 18.2 Å². The van der Waals surface area contributed by atoms with Crippen molar-refractivity contribution in [3.8, 4) is 0 Å². The molecule has 0 bridgehead atoms. The van der Waals surface area contributed by atoms with Crippen molar-refractivity contribution < 1.29 is 4.74 Å². The normalized spacial score (nSPS) is 25.0. The molecule has 0 amide bonds. The molecule has 1 aromatic carbocycles. The molecular weight excluding hydrogens is 212 g/mol. The fourth-order valence-corrected chi connectivity index (χ4v) is 2.54. The monoisotopic (exact) mass is 228 g/mol. The molecule has 0 spiro atoms. The Morgan fingerprint density at radius 3 is 2.94 bits per heavy atom. The smallest absolute Gasteiger partial charge is 0.0688 e. The van der Waals surface area contributed by atoms with Crippen molar-refractivity contribution in [1.29, 1.82) is 0 Å². The molecule has 3 heteroatoms. The number of ether oxygens (including phenoxy) is 1. The summed E-state index contributed by atoms with van der Waals surface area (Å²) in [5.74, 6) is 0. The molecule has 0 radical (unpaired) electrons. The molecule has 1 aliphatic heterocycles. The first kappa shape index (κ1) is 10.7. The van der Waals surface area contributed by atoms with E-state index in [0.717, 1.165) is 30.4 Å². The summed E-state index contributed by atoms with van der Waals surface area (Å²) in [5, 5.41) is 2.33. The molecule has 1 unspecified atom stereocenters. The van der Waals surface area contributed by atoms with E-state index in [1.54, 1.807) is 0 Å². The van der Waals surface area contributed by atoms with E-state index in [4.69, 9.17) is 10.5 Å². The second kappa shape index (κ2) is 4.09. The molecule has 0 saturated carbocycles. The van der Waals surface area contributed by atoms with Gasteiger partial charge in [0.05, 0.1) is 12.1 Å². The molecule has 0 aliphatic carbocycles. The lowest BCUT2D eigenvalue weighted by atomic mass is 9.84. The van der Waals surface area contributed by atoms with Gasteiger partial charge in [0.2, 0.25) is 0 Å². The third kappa shape index (κ3) is 1.81. The molecule has 1 atom stereocenters. The number of hydrogen-bond acceptors (Lipinski definition) is 3. The SMILES string of the molecule is NC1(c2cncc3ccccc23)CCCOC1. The van der Waals surface area contributed by atoms with Gasteiger partial charge in [0.25, 0.3) is 0 Å². The highest BCUT2D eigenvalue weighted by atomic mass is 16.5. The van der Waals surface area contributed by atoms with Gasteiger partial charge in [-0.25, -0.2) is 0 Å². The van der Waals surface area contributed by atoms with E-state index in [0.29, 0.717) is 6.61 Å². The van der Waals surface area contributed by atoms with E-state index in [1.165, 1.54) is 5.39 Å². The maximum absolute atomic E-state index is 6.48. The predicted octanol–water partition coefficient (Wildman–Crippen LogP) is 2.20. The van der Waals surface area contributed by atoms with Gasteiger partial charge in [-0.3, -0.25) is 4.98 Å². The van der Waals surface area contributed by atoms with Gasteiger partial charge in [0.15, 0.2) is 0 Å². The first-order chi connectivity index (χ1) is 8.30. The van der Waals surface area contributed by atoms with Crippen molar-refractivity contribution in [3.63, 3.8) is 0 Å². The molecule has 88 valence electrons. The van der Waals surface area contributed by atoms with E-state index in [9.17, 15) is 0 Å². The zero-order valence-corrected chi connectivity index (χ0v) is 9.73. The first-order valence-corrected chi connectivity index (χ1v) is 5.99. The fourth-order valence-electron chi connectivity index (χ4n) is 2.54. The fraction of sp³-hybridized carbons (Fsp3) is 0.357. The minimum atomic E-state index is -0.383. The Labute approximate surface area is 101 Å². The lowest BCUT2D eigenvalue weighted by Crippen LogP contribution is -2.44. The lowest BCUT2D eigenvalue weighted by Gasteiger charge is -2.34. The summed E-state index contributed by atoms with van der Waals surface area (Å²) < 4.78 is 5.54. The number of rotatable bonds is 1. The number of aromatic nitrogens is 1. The highest BCUT2D eigenvalue weighted by molar-refractivity contribution is 5.85. The average molecular weight is 228 g/mol. The molecule has 3 nitrogen and oxygen atoms in total. The summed E-state index contributed by atoms with van der Waals surface area (Å²) in [7, 11) is 0. The molecule has 1 saturated heterocycles. The number of nitrogens with zero attached hydrogens (tertiary/aromatic N) is 1. The lowest BCUT2D eigenvalue weighted by molar-refractivity contribution is 0.0371. The first-order valence-electron chi connectivity index (χ1n) is 5.99. The molecule has 17 heavy (non-hydrogen) atoms. The van der Waals surface area contributed by atoms with Crippen LogP contribution in [0.1, 0.15) is 18.4 Å². The summed E-state index contributed by atoms with van der Waals surface area (Å²) in [6, 6.07) is 8.24. The van der Waals surface area contributed by atoms with Crippen LogP contribution in [0.5, 0.6) is 0 Å². The van der Waals surface area contributed by atoms with Gasteiger partial charge < -0.3 is 10.5 Å². The molecule has 2 N–H and O–H groups in total. The van der Waals surface area contributed by atoms with Crippen LogP contribution in [-0.2, 0) is 10.3 Å². The zero-order valence-electron chi connectivity index (χ0n) is 9.73. The van der Waals surface area contributed by atoms with Crippen LogP contribution in [0.15, 0.2) is 36.7 Å². The Balaban J connectivity index is 2.16. The Kier molecular flexibility index (Phi) is 2.57. The van der Waals surface area contributed by atoms with E-state index in [2.05, 4.69) is 17.1 Å². The molecule has 3 rings (SSSR count). The molecule has 2 aromatic rings. The van der Waals surface area contributed by atoms with E-state index in [1.807, 2.05) is 24.5 Å². The average Bonchev–Trinajstić information content (AvgIpc) is 2.39. The second-order valence-electron chi connectivity index (χ2n) is 4.72. The van der Waals surface area contributed by atoms with Gasteiger partial charge in [-0.1, -0.05) is 24.3 Å². The maximum atomic E-state index is 6.48. The number of nitrogens with two attached hydrogens (primary N) is 1. The molecule has 1 fully saturated rings. The quantitative estimate of drug-likeness (QED) is 0.814. The van der Waals surface area contributed by atoms with Gasteiger partial charge >= 0.3 is 0 Å². The number of benzene rings is 1. The largest absolute Gasteiger partial charge is 0.379 e. The van der Waals surface area contributed by atoms with Gasteiger partial charge in [-0.15, -0.1) is 0 Å². The van der Waals surface area contributed by atoms with Crippen molar-refractivity contribution in [1.82, 2.24) is 4.98 Å². The van der Waals surface area contributed by atoms with E-state index >= 15 is 0 Å². The minimum absolute atomic E-state index is 0.383. The van der Waals surface area contributed by atoms with E-state index < -0.39 is 0 Å². The highest BCUT2D eigenvalue weighted by Gasteiger charge is 2.31. The van der Waals surface area contributed by atoms with Crippen LogP contribution in [0.4, 0.5) is 0 Å². The molecule has 2 heterocycles. The van der Waals surface area contributed by atoms with Crippen LogP contribution < -0.4 is 5.73 Å². The van der Waals surface area contributed by atoms with E-state index in [-0.39, 0.29) is 5.54 Å². The number of fused-ring (bicyclic) bond motifs is 1. The van der Waals surface area contributed by atoms with Crippen LogP contribution in [0.2, 0.25) is 0 Å². The molecule has 1 aliphatic rings. The second-order valence-corrected chi connectivity index (χ2v) is 4.72. The summed E-state index contributed by atoms with van der Waals surface area (Å²) in [4.78, 5) is 4.30. The maximum Gasteiger partial charge on any atom is 0.0688 e. The Morgan fingerprint density at radius 1 is 1.24 bits per heavy atom. The van der Waals surface area contributed by atoms with Gasteiger partial charge in [-0.2, -0.15) is 0 Å².